The van der Waals surface area contributed by atoms with E-state index in [0.717, 1.165) is 37.2 Å². The van der Waals surface area contributed by atoms with Crippen molar-refractivity contribution in [1.29, 1.82) is 0 Å². The van der Waals surface area contributed by atoms with E-state index >= 15 is 0 Å². The van der Waals surface area contributed by atoms with Crippen LogP contribution in [-0.4, -0.2) is 15.9 Å². The van der Waals surface area contributed by atoms with Crippen molar-refractivity contribution in [2.75, 3.05) is 0 Å². The normalized spacial score (nSPS) is 18.4. The standard InChI is InChI=1S/C28H40N2O2/c1-3-5-7-9-11-27(31)32-26-20-29-28(30-21-26)25-18-16-24(17-19-25)23-14-12-22(13-15-23)10-8-6-4-2/h16-23H,3-15H2,1-2H3. The Morgan fingerprint density at radius 3 is 2.19 bits per heavy atom. The molecular weight excluding hydrogens is 396 g/mol. The van der Waals surface area contributed by atoms with Crippen LogP contribution in [0.2, 0.25) is 0 Å². The molecule has 3 rings (SSSR count). The lowest BCUT2D eigenvalue weighted by Gasteiger charge is -2.29. The first-order chi connectivity index (χ1) is 15.7. The number of carbonyl (C=O) groups is 1. The van der Waals surface area contributed by atoms with E-state index in [4.69, 9.17) is 4.74 Å². The third-order valence-corrected chi connectivity index (χ3v) is 6.80. The Kier molecular flexibility index (Phi) is 10.2. The van der Waals surface area contributed by atoms with Gasteiger partial charge in [0.15, 0.2) is 11.6 Å². The summed E-state index contributed by atoms with van der Waals surface area (Å²) in [6.07, 6.45) is 18.8. The van der Waals surface area contributed by atoms with Gasteiger partial charge < -0.3 is 4.74 Å². The molecule has 0 saturated heterocycles. The number of aromatic nitrogens is 2. The molecule has 4 heteroatoms. The summed E-state index contributed by atoms with van der Waals surface area (Å²) in [5.74, 6) is 2.50. The second kappa shape index (κ2) is 13.3. The summed E-state index contributed by atoms with van der Waals surface area (Å²) in [6.45, 7) is 4.44. The fourth-order valence-electron chi connectivity index (χ4n) is 4.77. The lowest BCUT2D eigenvalue weighted by Crippen LogP contribution is -2.13. The van der Waals surface area contributed by atoms with E-state index in [1.807, 2.05) is 0 Å². The molecule has 1 aromatic carbocycles. The van der Waals surface area contributed by atoms with Crippen molar-refractivity contribution < 1.29 is 9.53 Å². The number of nitrogens with zero attached hydrogens (tertiary/aromatic N) is 2. The number of ether oxygens (including phenoxy) is 1. The maximum atomic E-state index is 11.9. The Bertz CT molecular complexity index is 793. The molecule has 0 bridgehead atoms. The Balaban J connectivity index is 1.47. The fraction of sp³-hybridized carbons (Fsp3) is 0.607. The third-order valence-electron chi connectivity index (χ3n) is 6.80. The van der Waals surface area contributed by atoms with Gasteiger partial charge in [-0.3, -0.25) is 4.79 Å². The first-order valence-electron chi connectivity index (χ1n) is 12.8. The van der Waals surface area contributed by atoms with Crippen LogP contribution < -0.4 is 4.74 Å². The van der Waals surface area contributed by atoms with Gasteiger partial charge in [-0.15, -0.1) is 0 Å². The Labute approximate surface area is 194 Å². The summed E-state index contributed by atoms with van der Waals surface area (Å²) in [5, 5.41) is 0. The SMILES string of the molecule is CCCCCCC(=O)Oc1cnc(-c2ccc(C3CCC(CCCCC)CC3)cc2)nc1. The molecular formula is C28H40N2O2. The second-order valence-corrected chi connectivity index (χ2v) is 9.36. The van der Waals surface area contributed by atoms with Crippen LogP contribution in [0, 0.1) is 5.92 Å². The lowest BCUT2D eigenvalue weighted by atomic mass is 9.77. The van der Waals surface area contributed by atoms with Crippen molar-refractivity contribution >= 4 is 5.97 Å². The van der Waals surface area contributed by atoms with E-state index in [-0.39, 0.29) is 5.97 Å². The van der Waals surface area contributed by atoms with Crippen LogP contribution in [0.25, 0.3) is 11.4 Å². The Morgan fingerprint density at radius 1 is 0.875 bits per heavy atom. The summed E-state index contributed by atoms with van der Waals surface area (Å²) in [4.78, 5) is 20.7. The van der Waals surface area contributed by atoms with Crippen molar-refractivity contribution in [2.45, 2.75) is 103 Å². The molecule has 1 saturated carbocycles. The highest BCUT2D eigenvalue weighted by atomic mass is 16.5. The molecule has 1 fully saturated rings. The van der Waals surface area contributed by atoms with Gasteiger partial charge in [-0.2, -0.15) is 0 Å². The van der Waals surface area contributed by atoms with Gasteiger partial charge in [-0.25, -0.2) is 9.97 Å². The summed E-state index contributed by atoms with van der Waals surface area (Å²) in [7, 11) is 0. The molecule has 1 aliphatic rings. The van der Waals surface area contributed by atoms with Crippen molar-refractivity contribution in [3.05, 3.63) is 42.2 Å². The fourth-order valence-corrected chi connectivity index (χ4v) is 4.77. The van der Waals surface area contributed by atoms with E-state index in [9.17, 15) is 4.79 Å². The number of rotatable bonds is 12. The number of esters is 1. The van der Waals surface area contributed by atoms with Crippen molar-refractivity contribution in [2.24, 2.45) is 5.92 Å². The first-order valence-corrected chi connectivity index (χ1v) is 12.8. The van der Waals surface area contributed by atoms with Gasteiger partial charge in [-0.1, -0.05) is 83.1 Å². The molecule has 0 N–H and O–H groups in total. The molecule has 1 aromatic heterocycles. The molecule has 1 heterocycles. The monoisotopic (exact) mass is 436 g/mol. The van der Waals surface area contributed by atoms with E-state index in [1.165, 1.54) is 56.9 Å². The van der Waals surface area contributed by atoms with Crippen molar-refractivity contribution in [1.82, 2.24) is 9.97 Å². The van der Waals surface area contributed by atoms with Gasteiger partial charge in [0.25, 0.3) is 0 Å². The largest absolute Gasteiger partial charge is 0.423 e. The van der Waals surface area contributed by atoms with Gasteiger partial charge in [0.05, 0.1) is 12.4 Å². The van der Waals surface area contributed by atoms with Crippen molar-refractivity contribution in [3.63, 3.8) is 0 Å². The van der Waals surface area contributed by atoms with Gasteiger partial charge in [0, 0.05) is 12.0 Å². The molecule has 0 unspecified atom stereocenters. The predicted molar refractivity (Wildman–Crippen MR) is 131 cm³/mol. The summed E-state index contributed by atoms with van der Waals surface area (Å²) >= 11 is 0. The maximum Gasteiger partial charge on any atom is 0.311 e. The zero-order chi connectivity index (χ0) is 22.6. The highest BCUT2D eigenvalue weighted by molar-refractivity contribution is 5.72. The van der Waals surface area contributed by atoms with Gasteiger partial charge in [0.1, 0.15) is 0 Å². The van der Waals surface area contributed by atoms with Gasteiger partial charge in [0.2, 0.25) is 0 Å². The molecule has 0 amide bonds. The first kappa shape index (κ1) is 24.4. The van der Waals surface area contributed by atoms with E-state index < -0.39 is 0 Å². The minimum absolute atomic E-state index is 0.207. The second-order valence-electron chi connectivity index (χ2n) is 9.36. The predicted octanol–water partition coefficient (Wildman–Crippen LogP) is 7.87. The van der Waals surface area contributed by atoms with Crippen LogP contribution in [-0.2, 0) is 4.79 Å². The van der Waals surface area contributed by atoms with E-state index in [2.05, 4.69) is 48.1 Å². The number of hydrogen-bond donors (Lipinski definition) is 0. The van der Waals surface area contributed by atoms with Gasteiger partial charge >= 0.3 is 5.97 Å². The summed E-state index contributed by atoms with van der Waals surface area (Å²) in [6, 6.07) is 8.73. The molecule has 0 spiro atoms. The molecule has 174 valence electrons. The zero-order valence-corrected chi connectivity index (χ0v) is 20.0. The van der Waals surface area contributed by atoms with E-state index in [0.29, 0.717) is 23.9 Å². The van der Waals surface area contributed by atoms with Crippen LogP contribution >= 0.6 is 0 Å². The van der Waals surface area contributed by atoms with Crippen LogP contribution in [0.1, 0.15) is 109 Å². The van der Waals surface area contributed by atoms with E-state index in [1.54, 1.807) is 12.4 Å². The smallest absolute Gasteiger partial charge is 0.311 e. The molecule has 1 aliphatic carbocycles. The summed E-state index contributed by atoms with van der Waals surface area (Å²) in [5.41, 5.74) is 2.44. The van der Waals surface area contributed by atoms with Crippen LogP contribution in [0.15, 0.2) is 36.7 Å². The Hall–Kier alpha value is -2.23. The molecule has 4 nitrogen and oxygen atoms in total. The molecule has 32 heavy (non-hydrogen) atoms. The molecule has 2 aromatic rings. The molecule has 0 atom stereocenters. The molecule has 0 radical (unpaired) electrons. The van der Waals surface area contributed by atoms with Crippen LogP contribution in [0.4, 0.5) is 0 Å². The average molecular weight is 437 g/mol. The van der Waals surface area contributed by atoms with Gasteiger partial charge in [-0.05, 0) is 49.5 Å². The van der Waals surface area contributed by atoms with Crippen LogP contribution in [0.5, 0.6) is 5.75 Å². The highest BCUT2D eigenvalue weighted by Gasteiger charge is 2.22. The summed E-state index contributed by atoms with van der Waals surface area (Å²) < 4.78 is 5.36. The Morgan fingerprint density at radius 2 is 1.53 bits per heavy atom. The van der Waals surface area contributed by atoms with Crippen LogP contribution in [0.3, 0.4) is 0 Å². The minimum Gasteiger partial charge on any atom is -0.423 e. The third kappa shape index (κ3) is 7.72. The maximum absolute atomic E-state index is 11.9. The average Bonchev–Trinajstić information content (AvgIpc) is 2.83. The zero-order valence-electron chi connectivity index (χ0n) is 20.0. The topological polar surface area (TPSA) is 52.1 Å². The number of unbranched alkanes of at least 4 members (excludes halogenated alkanes) is 5. The highest BCUT2D eigenvalue weighted by Crippen LogP contribution is 2.38. The number of benzene rings is 1. The minimum atomic E-state index is -0.207. The number of carbonyl (C=O) groups excluding carboxylic acids is 1. The number of hydrogen-bond acceptors (Lipinski definition) is 4. The molecule has 0 aliphatic heterocycles. The van der Waals surface area contributed by atoms with Crippen molar-refractivity contribution in [3.8, 4) is 17.1 Å². The lowest BCUT2D eigenvalue weighted by molar-refractivity contribution is -0.134. The quantitative estimate of drug-likeness (QED) is 0.251.